The number of benzene rings is 1. The van der Waals surface area contributed by atoms with E-state index in [1.54, 1.807) is 0 Å². The Bertz CT molecular complexity index is 1040. The molecule has 1 aromatic carbocycles. The van der Waals surface area contributed by atoms with E-state index in [-0.39, 0.29) is 29.7 Å². The first-order valence-corrected chi connectivity index (χ1v) is 14.3. The van der Waals surface area contributed by atoms with E-state index in [9.17, 15) is 27.6 Å². The molecule has 1 aliphatic carbocycles. The number of halogens is 3. The molecule has 4 amide bonds. The van der Waals surface area contributed by atoms with Crippen LogP contribution in [0.1, 0.15) is 67.8 Å². The summed E-state index contributed by atoms with van der Waals surface area (Å²) in [6.07, 6.45) is 2.69. The molecule has 12 heteroatoms. The standard InChI is InChI=1S/C28H40F3N5O4/c1-2-5-19-16-21(35-10-3-4-11-35)7-9-23(19)33-25(37)18-32-26(38)22-17-20(28(29,30)31)6-8-24(22)34-27(39)36-12-14-40-15-13-36/h6,8,17,19,21,23H,2-5,7,9-16,18H2,1H3,(H,32,38)(H,33,37)(H,34,39)/t19-,21-,23+/m1/s1. The van der Waals surface area contributed by atoms with Crippen molar-refractivity contribution in [2.45, 2.75) is 70.1 Å². The molecule has 4 rings (SSSR count). The molecule has 2 aliphatic heterocycles. The minimum absolute atomic E-state index is 0.000124. The fraction of sp³-hybridized carbons (Fsp3) is 0.679. The molecular weight excluding hydrogens is 527 g/mol. The summed E-state index contributed by atoms with van der Waals surface area (Å²) in [6.45, 7) is 5.37. The third-order valence-corrected chi connectivity index (χ3v) is 8.16. The van der Waals surface area contributed by atoms with Crippen molar-refractivity contribution < 1.29 is 32.3 Å². The van der Waals surface area contributed by atoms with Crippen LogP contribution in [0.2, 0.25) is 0 Å². The minimum Gasteiger partial charge on any atom is -0.378 e. The lowest BCUT2D eigenvalue weighted by atomic mass is 9.78. The molecule has 1 saturated carbocycles. The molecule has 3 aliphatic rings. The Labute approximate surface area is 233 Å². The van der Waals surface area contributed by atoms with Crippen molar-refractivity contribution in [1.82, 2.24) is 20.4 Å². The van der Waals surface area contributed by atoms with Crippen molar-refractivity contribution in [1.29, 1.82) is 0 Å². The Hall–Kier alpha value is -2.86. The lowest BCUT2D eigenvalue weighted by molar-refractivity contribution is -0.137. The van der Waals surface area contributed by atoms with E-state index in [0.717, 1.165) is 57.3 Å². The summed E-state index contributed by atoms with van der Waals surface area (Å²) in [7, 11) is 0. The van der Waals surface area contributed by atoms with Gasteiger partial charge < -0.3 is 30.5 Å². The first-order chi connectivity index (χ1) is 19.2. The van der Waals surface area contributed by atoms with Crippen LogP contribution < -0.4 is 16.0 Å². The van der Waals surface area contributed by atoms with Gasteiger partial charge in [0.1, 0.15) is 0 Å². The van der Waals surface area contributed by atoms with Gasteiger partial charge in [0.05, 0.1) is 36.6 Å². The summed E-state index contributed by atoms with van der Waals surface area (Å²) in [4.78, 5) is 42.5. The predicted molar refractivity (Wildman–Crippen MR) is 144 cm³/mol. The molecule has 3 fully saturated rings. The maximum Gasteiger partial charge on any atom is 0.416 e. The molecule has 3 atom stereocenters. The Balaban J connectivity index is 1.37. The highest BCUT2D eigenvalue weighted by molar-refractivity contribution is 6.04. The van der Waals surface area contributed by atoms with E-state index in [1.165, 1.54) is 17.7 Å². The highest BCUT2D eigenvalue weighted by Gasteiger charge is 2.35. The zero-order valence-electron chi connectivity index (χ0n) is 23.0. The lowest BCUT2D eigenvalue weighted by Crippen LogP contribution is -2.50. The van der Waals surface area contributed by atoms with Gasteiger partial charge in [0.2, 0.25) is 5.91 Å². The van der Waals surface area contributed by atoms with Gasteiger partial charge in [0.25, 0.3) is 5.91 Å². The largest absolute Gasteiger partial charge is 0.416 e. The van der Waals surface area contributed by atoms with Gasteiger partial charge in [-0.05, 0) is 75.7 Å². The summed E-state index contributed by atoms with van der Waals surface area (Å²) in [5.41, 5.74) is -1.45. The number of carbonyl (C=O) groups excluding carboxylic acids is 3. The quantitative estimate of drug-likeness (QED) is 0.443. The van der Waals surface area contributed by atoms with Crippen molar-refractivity contribution >= 4 is 23.5 Å². The number of ether oxygens (including phenoxy) is 1. The Morgan fingerprint density at radius 2 is 1.77 bits per heavy atom. The van der Waals surface area contributed by atoms with Crippen molar-refractivity contribution in [3.05, 3.63) is 29.3 Å². The van der Waals surface area contributed by atoms with E-state index in [1.807, 2.05) is 0 Å². The number of alkyl halides is 3. The van der Waals surface area contributed by atoms with E-state index in [4.69, 9.17) is 4.74 Å². The molecule has 0 unspecified atom stereocenters. The minimum atomic E-state index is -4.68. The first-order valence-electron chi connectivity index (χ1n) is 14.3. The van der Waals surface area contributed by atoms with Crippen LogP contribution in [0.15, 0.2) is 18.2 Å². The van der Waals surface area contributed by atoms with E-state index >= 15 is 0 Å². The van der Waals surface area contributed by atoms with Crippen LogP contribution in [-0.2, 0) is 15.7 Å². The number of nitrogens with zero attached hydrogens (tertiary/aromatic N) is 2. The monoisotopic (exact) mass is 567 g/mol. The van der Waals surface area contributed by atoms with Crippen LogP contribution in [0.25, 0.3) is 0 Å². The molecular formula is C28H40F3N5O4. The fourth-order valence-corrected chi connectivity index (χ4v) is 6.05. The molecule has 0 aromatic heterocycles. The normalized spacial score (nSPS) is 24.0. The molecule has 222 valence electrons. The van der Waals surface area contributed by atoms with Crippen LogP contribution in [0, 0.1) is 5.92 Å². The van der Waals surface area contributed by atoms with E-state index < -0.39 is 23.7 Å². The zero-order valence-corrected chi connectivity index (χ0v) is 23.0. The van der Waals surface area contributed by atoms with Crippen molar-refractivity contribution in [3.8, 4) is 0 Å². The molecule has 9 nitrogen and oxygen atoms in total. The molecule has 0 spiro atoms. The fourth-order valence-electron chi connectivity index (χ4n) is 6.05. The van der Waals surface area contributed by atoms with Crippen molar-refractivity contribution in [2.75, 3.05) is 51.3 Å². The highest BCUT2D eigenvalue weighted by atomic mass is 19.4. The van der Waals surface area contributed by atoms with Crippen LogP contribution >= 0.6 is 0 Å². The van der Waals surface area contributed by atoms with Crippen molar-refractivity contribution in [2.24, 2.45) is 5.92 Å². The van der Waals surface area contributed by atoms with Crippen molar-refractivity contribution in [3.63, 3.8) is 0 Å². The number of rotatable bonds is 8. The second kappa shape index (κ2) is 13.7. The number of anilines is 1. The number of hydrogen-bond donors (Lipinski definition) is 3. The number of carbonyl (C=O) groups is 3. The molecule has 3 N–H and O–H groups in total. The van der Waals surface area contributed by atoms with E-state index in [0.29, 0.717) is 44.3 Å². The summed E-state index contributed by atoms with van der Waals surface area (Å²) >= 11 is 0. The lowest BCUT2D eigenvalue weighted by Gasteiger charge is -2.40. The smallest absolute Gasteiger partial charge is 0.378 e. The van der Waals surface area contributed by atoms with Gasteiger partial charge in [-0.1, -0.05) is 13.3 Å². The predicted octanol–water partition coefficient (Wildman–Crippen LogP) is 3.85. The van der Waals surface area contributed by atoms with Crippen LogP contribution in [-0.4, -0.2) is 85.7 Å². The molecule has 2 saturated heterocycles. The maximum atomic E-state index is 13.4. The average Bonchev–Trinajstić information content (AvgIpc) is 3.48. The van der Waals surface area contributed by atoms with Gasteiger partial charge in [0.15, 0.2) is 0 Å². The van der Waals surface area contributed by atoms with Gasteiger partial charge >= 0.3 is 12.2 Å². The first kappa shape index (κ1) is 30.1. The van der Waals surface area contributed by atoms with Crippen LogP contribution in [0.3, 0.4) is 0 Å². The number of amides is 4. The topological polar surface area (TPSA) is 103 Å². The second-order valence-corrected chi connectivity index (χ2v) is 10.9. The number of hydrogen-bond acceptors (Lipinski definition) is 5. The average molecular weight is 568 g/mol. The SMILES string of the molecule is CCC[C@@H]1C[C@H](N2CCCC2)CC[C@@H]1NC(=O)CNC(=O)c1cc(C(F)(F)F)ccc1NC(=O)N1CCOCC1. The molecule has 2 heterocycles. The third-order valence-electron chi connectivity index (χ3n) is 8.16. The molecule has 0 bridgehead atoms. The van der Waals surface area contributed by atoms with Crippen LogP contribution in [0.4, 0.5) is 23.7 Å². The Morgan fingerprint density at radius 3 is 2.45 bits per heavy atom. The van der Waals surface area contributed by atoms with Gasteiger partial charge in [-0.2, -0.15) is 13.2 Å². The second-order valence-electron chi connectivity index (χ2n) is 10.9. The number of likely N-dealkylation sites (tertiary alicyclic amines) is 1. The van der Waals surface area contributed by atoms with Gasteiger partial charge in [0, 0.05) is 25.2 Å². The molecule has 1 aromatic rings. The van der Waals surface area contributed by atoms with E-state index in [2.05, 4.69) is 27.8 Å². The van der Waals surface area contributed by atoms with Crippen LogP contribution in [0.5, 0.6) is 0 Å². The molecule has 40 heavy (non-hydrogen) atoms. The summed E-state index contributed by atoms with van der Waals surface area (Å²) < 4.78 is 45.4. The highest BCUT2D eigenvalue weighted by Crippen LogP contribution is 2.33. The Morgan fingerprint density at radius 1 is 1.05 bits per heavy atom. The summed E-state index contributed by atoms with van der Waals surface area (Å²) in [6, 6.07) is 2.56. The molecule has 0 radical (unpaired) electrons. The summed E-state index contributed by atoms with van der Waals surface area (Å²) in [5, 5.41) is 8.04. The van der Waals surface area contributed by atoms with Gasteiger partial charge in [-0.25, -0.2) is 4.79 Å². The Kier molecular flexibility index (Phi) is 10.3. The number of morpholine rings is 1. The summed E-state index contributed by atoms with van der Waals surface area (Å²) in [5.74, 6) is -0.916. The number of nitrogens with one attached hydrogen (secondary N) is 3. The van der Waals surface area contributed by atoms with Gasteiger partial charge in [-0.3, -0.25) is 9.59 Å². The zero-order chi connectivity index (χ0) is 28.7. The van der Waals surface area contributed by atoms with Gasteiger partial charge in [-0.15, -0.1) is 0 Å². The third kappa shape index (κ3) is 7.87. The number of urea groups is 1. The maximum absolute atomic E-state index is 13.4.